The monoisotopic (exact) mass is 422 g/mol. The van der Waals surface area contributed by atoms with Crippen LogP contribution in [0.1, 0.15) is 36.8 Å². The van der Waals surface area contributed by atoms with Crippen LogP contribution in [0.5, 0.6) is 5.75 Å². The Kier molecular flexibility index (Phi) is 6.30. The van der Waals surface area contributed by atoms with Crippen LogP contribution in [0.3, 0.4) is 0 Å². The first-order valence-corrected chi connectivity index (χ1v) is 10.6. The molecule has 2 N–H and O–H groups in total. The maximum Gasteiger partial charge on any atom is 0.170 e. The largest absolute Gasteiger partial charge is 0.494 e. The lowest BCUT2D eigenvalue weighted by Gasteiger charge is -2.28. The number of rotatable bonds is 8. The first kappa shape index (κ1) is 20.4. The minimum absolute atomic E-state index is 0.0412. The lowest BCUT2D eigenvalue weighted by molar-refractivity contribution is 0.245. The van der Waals surface area contributed by atoms with Gasteiger partial charge in [0.25, 0.3) is 0 Å². The van der Waals surface area contributed by atoms with Crippen LogP contribution in [0.4, 0.5) is 0 Å². The number of pyridine rings is 1. The van der Waals surface area contributed by atoms with E-state index in [2.05, 4.69) is 44.2 Å². The fraction of sp³-hybridized carbons (Fsp3) is 0.304. The molecular weight excluding hydrogens is 396 g/mol. The SMILES string of the molecule is CCOc1ccc(-n2cccc2C2C(c3ccccn3)NC(=S)N2CCCO)cc1. The van der Waals surface area contributed by atoms with E-state index in [-0.39, 0.29) is 18.7 Å². The third-order valence-corrected chi connectivity index (χ3v) is 5.62. The number of benzene rings is 1. The average Bonchev–Trinajstić information content (AvgIpc) is 3.38. The van der Waals surface area contributed by atoms with Gasteiger partial charge in [0.1, 0.15) is 5.75 Å². The van der Waals surface area contributed by atoms with Crippen LogP contribution in [-0.4, -0.2) is 44.4 Å². The van der Waals surface area contributed by atoms with Gasteiger partial charge in [0, 0.05) is 36.9 Å². The summed E-state index contributed by atoms with van der Waals surface area (Å²) in [4.78, 5) is 6.74. The zero-order valence-electron chi connectivity index (χ0n) is 16.9. The Hall–Kier alpha value is -2.90. The van der Waals surface area contributed by atoms with E-state index in [9.17, 15) is 5.11 Å². The van der Waals surface area contributed by atoms with Gasteiger partial charge in [-0.2, -0.15) is 0 Å². The second kappa shape index (κ2) is 9.28. The second-order valence-corrected chi connectivity index (χ2v) is 7.51. The van der Waals surface area contributed by atoms with Crippen molar-refractivity contribution in [1.29, 1.82) is 0 Å². The standard InChI is InChI=1S/C23H26N4O2S/c1-2-29-18-11-9-17(10-12-18)26-14-5-8-20(26)22-21(19-7-3-4-13-24-19)25-23(30)27(22)15-6-16-28/h3-5,7-14,21-22,28H,2,6,15-16H2,1H3,(H,25,30). The van der Waals surface area contributed by atoms with E-state index in [1.807, 2.05) is 43.3 Å². The van der Waals surface area contributed by atoms with Gasteiger partial charge >= 0.3 is 0 Å². The highest BCUT2D eigenvalue weighted by molar-refractivity contribution is 7.80. The number of aliphatic hydroxyl groups excluding tert-OH is 1. The van der Waals surface area contributed by atoms with Crippen LogP contribution in [0.15, 0.2) is 67.0 Å². The van der Waals surface area contributed by atoms with Gasteiger partial charge in [0.05, 0.1) is 24.4 Å². The van der Waals surface area contributed by atoms with Gasteiger partial charge in [-0.25, -0.2) is 0 Å². The van der Waals surface area contributed by atoms with Crippen molar-refractivity contribution < 1.29 is 9.84 Å². The second-order valence-electron chi connectivity index (χ2n) is 7.13. The molecule has 3 aromatic rings. The van der Waals surface area contributed by atoms with Crippen molar-refractivity contribution in [3.8, 4) is 11.4 Å². The molecule has 3 heterocycles. The summed E-state index contributed by atoms with van der Waals surface area (Å²) in [5.74, 6) is 0.856. The molecule has 2 unspecified atom stereocenters. The molecule has 156 valence electrons. The number of thiocarbonyl (C=S) groups is 1. The fourth-order valence-electron chi connectivity index (χ4n) is 3.95. The van der Waals surface area contributed by atoms with Crippen LogP contribution in [0.2, 0.25) is 0 Å². The Bertz CT molecular complexity index is 974. The predicted octanol–water partition coefficient (Wildman–Crippen LogP) is 3.63. The molecule has 0 aliphatic carbocycles. The van der Waals surface area contributed by atoms with E-state index in [1.165, 1.54) is 0 Å². The van der Waals surface area contributed by atoms with Gasteiger partial charge in [-0.05, 0) is 74.1 Å². The first-order valence-electron chi connectivity index (χ1n) is 10.2. The summed E-state index contributed by atoms with van der Waals surface area (Å²) in [6.45, 7) is 3.42. The smallest absolute Gasteiger partial charge is 0.170 e. The molecule has 1 fully saturated rings. The number of aromatic nitrogens is 2. The molecule has 4 rings (SSSR count). The maximum absolute atomic E-state index is 9.40. The molecule has 7 heteroatoms. The summed E-state index contributed by atoms with van der Waals surface area (Å²) in [6, 6.07) is 18.1. The summed E-state index contributed by atoms with van der Waals surface area (Å²) >= 11 is 5.67. The van der Waals surface area contributed by atoms with Gasteiger partial charge in [0.2, 0.25) is 0 Å². The van der Waals surface area contributed by atoms with Crippen LogP contribution < -0.4 is 10.1 Å². The van der Waals surface area contributed by atoms with Gasteiger partial charge in [-0.1, -0.05) is 6.07 Å². The third-order valence-electron chi connectivity index (χ3n) is 5.26. The average molecular weight is 423 g/mol. The summed E-state index contributed by atoms with van der Waals surface area (Å²) < 4.78 is 7.76. The molecule has 1 aliphatic rings. The van der Waals surface area contributed by atoms with Crippen molar-refractivity contribution >= 4 is 17.3 Å². The molecule has 0 amide bonds. The van der Waals surface area contributed by atoms with Crippen molar-refractivity contribution in [2.75, 3.05) is 19.8 Å². The topological polar surface area (TPSA) is 62.5 Å². The molecule has 0 radical (unpaired) electrons. The van der Waals surface area contributed by atoms with Crippen LogP contribution in [0, 0.1) is 0 Å². The van der Waals surface area contributed by atoms with E-state index in [0.717, 1.165) is 22.8 Å². The highest BCUT2D eigenvalue weighted by Crippen LogP contribution is 2.39. The Morgan fingerprint density at radius 2 is 1.97 bits per heavy atom. The van der Waals surface area contributed by atoms with E-state index >= 15 is 0 Å². The maximum atomic E-state index is 9.40. The normalized spacial score (nSPS) is 18.5. The van der Waals surface area contributed by atoms with Crippen molar-refractivity contribution in [3.05, 3.63) is 78.4 Å². The quantitative estimate of drug-likeness (QED) is 0.541. The van der Waals surface area contributed by atoms with Crippen LogP contribution in [-0.2, 0) is 0 Å². The third kappa shape index (κ3) is 4.04. The van der Waals surface area contributed by atoms with Gasteiger partial charge in [-0.3, -0.25) is 4.98 Å². The minimum atomic E-state index is -0.0752. The number of aliphatic hydroxyl groups is 1. The fourth-order valence-corrected chi connectivity index (χ4v) is 4.28. The first-order chi connectivity index (χ1) is 14.7. The zero-order chi connectivity index (χ0) is 20.9. The Morgan fingerprint density at radius 3 is 2.67 bits per heavy atom. The summed E-state index contributed by atoms with van der Waals surface area (Å²) in [6.07, 6.45) is 4.52. The lowest BCUT2D eigenvalue weighted by Crippen LogP contribution is -2.31. The van der Waals surface area contributed by atoms with Gasteiger partial charge in [0.15, 0.2) is 5.11 Å². The Morgan fingerprint density at radius 1 is 1.13 bits per heavy atom. The summed E-state index contributed by atoms with van der Waals surface area (Å²) in [5.41, 5.74) is 3.11. The molecule has 0 spiro atoms. The van der Waals surface area contributed by atoms with E-state index in [1.54, 1.807) is 6.20 Å². The lowest BCUT2D eigenvalue weighted by atomic mass is 10.0. The summed E-state index contributed by atoms with van der Waals surface area (Å²) in [5, 5.41) is 13.5. The molecule has 0 saturated carbocycles. The molecule has 1 saturated heterocycles. The van der Waals surface area contributed by atoms with Gasteiger partial charge < -0.3 is 24.6 Å². The molecular formula is C23H26N4O2S. The van der Waals surface area contributed by atoms with Crippen molar-refractivity contribution in [3.63, 3.8) is 0 Å². The number of hydrogen-bond acceptors (Lipinski definition) is 4. The number of hydrogen-bond donors (Lipinski definition) is 2. The summed E-state index contributed by atoms with van der Waals surface area (Å²) in [7, 11) is 0. The van der Waals surface area contributed by atoms with E-state index < -0.39 is 0 Å². The number of nitrogens with one attached hydrogen (secondary N) is 1. The Balaban J connectivity index is 1.73. The minimum Gasteiger partial charge on any atom is -0.494 e. The molecule has 6 nitrogen and oxygen atoms in total. The highest BCUT2D eigenvalue weighted by atomic mass is 32.1. The molecule has 0 bridgehead atoms. The van der Waals surface area contributed by atoms with Crippen LogP contribution in [0.25, 0.3) is 5.69 Å². The number of ether oxygens (including phenoxy) is 1. The highest BCUT2D eigenvalue weighted by Gasteiger charge is 2.40. The molecule has 2 atom stereocenters. The van der Waals surface area contributed by atoms with Gasteiger partial charge in [-0.15, -0.1) is 0 Å². The van der Waals surface area contributed by atoms with E-state index in [4.69, 9.17) is 17.0 Å². The van der Waals surface area contributed by atoms with Crippen molar-refractivity contribution in [2.45, 2.75) is 25.4 Å². The zero-order valence-corrected chi connectivity index (χ0v) is 17.8. The van der Waals surface area contributed by atoms with E-state index in [0.29, 0.717) is 24.7 Å². The predicted molar refractivity (Wildman–Crippen MR) is 121 cm³/mol. The van der Waals surface area contributed by atoms with Crippen molar-refractivity contribution in [1.82, 2.24) is 19.8 Å². The Labute approximate surface area is 182 Å². The van der Waals surface area contributed by atoms with Crippen molar-refractivity contribution in [2.24, 2.45) is 0 Å². The molecule has 1 aromatic carbocycles. The molecule has 1 aliphatic heterocycles. The molecule has 2 aromatic heterocycles. The van der Waals surface area contributed by atoms with Crippen LogP contribution >= 0.6 is 12.2 Å². The number of nitrogens with zero attached hydrogens (tertiary/aromatic N) is 3. The molecule has 30 heavy (non-hydrogen) atoms.